The maximum absolute atomic E-state index is 8.89. The summed E-state index contributed by atoms with van der Waals surface area (Å²) in [7, 11) is 0. The molecular weight excluding hydrogens is 222 g/mol. The van der Waals surface area contributed by atoms with Crippen molar-refractivity contribution < 1.29 is 39.5 Å². The molecule has 0 aliphatic carbocycles. The molecule has 0 saturated heterocycles. The number of carboxylic acids is 1. The fourth-order valence-electron chi connectivity index (χ4n) is 0.439. The van der Waals surface area contributed by atoms with E-state index in [1.165, 1.54) is 0 Å². The summed E-state index contributed by atoms with van der Waals surface area (Å²) in [4.78, 5) is 8.89. The van der Waals surface area contributed by atoms with Gasteiger partial charge in [0, 0.05) is 5.97 Å². The van der Waals surface area contributed by atoms with E-state index < -0.39 is 5.97 Å². The molecule has 0 heterocycles. The van der Waals surface area contributed by atoms with Gasteiger partial charge in [-0.2, -0.15) is 0 Å². The average molecular weight is 229 g/mol. The van der Waals surface area contributed by atoms with Gasteiger partial charge in [-0.1, -0.05) is 35.3 Å². The zero-order chi connectivity index (χ0) is 9.56. The Morgan fingerprint density at radius 2 is 1.46 bits per heavy atom. The van der Waals surface area contributed by atoms with Crippen molar-refractivity contribution in [1.82, 2.24) is 0 Å². The molecule has 0 saturated carbocycles. The Labute approximate surface area is 109 Å². The Bertz CT molecular complexity index is 241. The van der Waals surface area contributed by atoms with Gasteiger partial charge in [-0.05, 0) is 19.1 Å². The summed E-state index contributed by atoms with van der Waals surface area (Å²) in [5.41, 5.74) is 0. The molecule has 0 atom stereocenters. The van der Waals surface area contributed by atoms with Crippen LogP contribution in [0.15, 0.2) is 24.3 Å². The Kier molecular flexibility index (Phi) is 10.7. The second-order valence-electron chi connectivity index (χ2n) is 1.91. The Morgan fingerprint density at radius 3 is 1.62 bits per heavy atom. The average Bonchev–Trinajstić information content (AvgIpc) is 1.94. The standard InChI is InChI=1S/C6H4Cl2.C2H4O2.Na/c7-5-3-1-2-4-6(5)8;1-2(3)4;/h1-4H;1H3,(H,3,4);/q;;+1/p-1. The van der Waals surface area contributed by atoms with Crippen molar-refractivity contribution in [2.24, 2.45) is 0 Å². The monoisotopic (exact) mass is 228 g/mol. The second kappa shape index (κ2) is 8.85. The van der Waals surface area contributed by atoms with Crippen molar-refractivity contribution in [3.05, 3.63) is 34.3 Å². The van der Waals surface area contributed by atoms with Crippen molar-refractivity contribution in [2.45, 2.75) is 6.92 Å². The number of benzene rings is 1. The molecule has 13 heavy (non-hydrogen) atoms. The largest absolute Gasteiger partial charge is 1.00 e. The van der Waals surface area contributed by atoms with Crippen LogP contribution in [0, 0.1) is 0 Å². The molecular formula is C8H7Cl2NaO2. The fraction of sp³-hybridized carbons (Fsp3) is 0.125. The molecule has 0 aliphatic rings. The minimum atomic E-state index is -1.08. The number of halogens is 2. The molecule has 1 aromatic rings. The number of rotatable bonds is 0. The van der Waals surface area contributed by atoms with E-state index in [1.807, 2.05) is 12.1 Å². The Balaban J connectivity index is 0. The second-order valence-corrected chi connectivity index (χ2v) is 2.72. The maximum Gasteiger partial charge on any atom is 1.00 e. The maximum atomic E-state index is 8.89. The number of carboxylic acid groups (broad SMARTS) is 1. The van der Waals surface area contributed by atoms with Crippen LogP contribution in [0.4, 0.5) is 0 Å². The van der Waals surface area contributed by atoms with E-state index in [1.54, 1.807) is 12.1 Å². The van der Waals surface area contributed by atoms with Gasteiger partial charge in [0.15, 0.2) is 0 Å². The molecule has 0 aromatic heterocycles. The van der Waals surface area contributed by atoms with Gasteiger partial charge in [-0.15, -0.1) is 0 Å². The summed E-state index contributed by atoms with van der Waals surface area (Å²) in [5.74, 6) is -1.08. The van der Waals surface area contributed by atoms with Crippen LogP contribution in [0.2, 0.25) is 10.0 Å². The van der Waals surface area contributed by atoms with Crippen LogP contribution < -0.4 is 34.7 Å². The SMILES string of the molecule is CC(=O)[O-].Clc1ccccc1Cl.[Na+]. The normalized spacial score (nSPS) is 7.62. The Hall–Kier alpha value is 0.270. The summed E-state index contributed by atoms with van der Waals surface area (Å²) in [6.45, 7) is 0.972. The van der Waals surface area contributed by atoms with E-state index in [0.29, 0.717) is 10.0 Å². The van der Waals surface area contributed by atoms with Gasteiger partial charge in [-0.25, -0.2) is 0 Å². The number of carbonyl (C=O) groups is 1. The number of hydrogen-bond acceptors (Lipinski definition) is 2. The van der Waals surface area contributed by atoms with E-state index in [4.69, 9.17) is 33.1 Å². The third-order valence-corrected chi connectivity index (χ3v) is 1.58. The molecule has 1 aromatic carbocycles. The van der Waals surface area contributed by atoms with E-state index in [2.05, 4.69) is 0 Å². The fourth-order valence-corrected chi connectivity index (χ4v) is 0.711. The van der Waals surface area contributed by atoms with Crippen LogP contribution in [0.25, 0.3) is 0 Å². The molecule has 66 valence electrons. The molecule has 0 unspecified atom stereocenters. The first-order valence-electron chi connectivity index (χ1n) is 3.11. The van der Waals surface area contributed by atoms with E-state index in [0.717, 1.165) is 6.92 Å². The van der Waals surface area contributed by atoms with Gasteiger partial charge in [0.25, 0.3) is 0 Å². The zero-order valence-corrected chi connectivity index (χ0v) is 10.9. The summed E-state index contributed by atoms with van der Waals surface area (Å²) in [6.07, 6.45) is 0. The first kappa shape index (κ1) is 15.7. The minimum Gasteiger partial charge on any atom is -0.550 e. The van der Waals surface area contributed by atoms with Crippen molar-refractivity contribution in [3.63, 3.8) is 0 Å². The number of hydrogen-bond donors (Lipinski definition) is 0. The summed E-state index contributed by atoms with van der Waals surface area (Å²) >= 11 is 11.2. The molecule has 0 aliphatic heterocycles. The molecule has 5 heteroatoms. The third kappa shape index (κ3) is 10.2. The van der Waals surface area contributed by atoms with Gasteiger partial charge >= 0.3 is 29.6 Å². The van der Waals surface area contributed by atoms with Crippen molar-refractivity contribution in [3.8, 4) is 0 Å². The summed E-state index contributed by atoms with van der Waals surface area (Å²) in [5, 5.41) is 10.1. The predicted octanol–water partition coefficient (Wildman–Crippen LogP) is -1.25. The van der Waals surface area contributed by atoms with Gasteiger partial charge in [0.1, 0.15) is 0 Å². The molecule has 2 nitrogen and oxygen atoms in total. The van der Waals surface area contributed by atoms with E-state index in [-0.39, 0.29) is 29.6 Å². The first-order chi connectivity index (χ1) is 5.54. The van der Waals surface area contributed by atoms with E-state index >= 15 is 0 Å². The summed E-state index contributed by atoms with van der Waals surface area (Å²) < 4.78 is 0. The summed E-state index contributed by atoms with van der Waals surface area (Å²) in [6, 6.07) is 7.19. The van der Waals surface area contributed by atoms with Crippen LogP contribution >= 0.6 is 23.2 Å². The van der Waals surface area contributed by atoms with Crippen LogP contribution in [0.3, 0.4) is 0 Å². The predicted molar refractivity (Wildman–Crippen MR) is 47.1 cm³/mol. The topological polar surface area (TPSA) is 40.1 Å². The van der Waals surface area contributed by atoms with Crippen LogP contribution in [-0.4, -0.2) is 5.97 Å². The van der Waals surface area contributed by atoms with Crippen molar-refractivity contribution in [2.75, 3.05) is 0 Å². The van der Waals surface area contributed by atoms with Crippen molar-refractivity contribution in [1.29, 1.82) is 0 Å². The number of aliphatic carboxylic acids is 1. The smallest absolute Gasteiger partial charge is 0.550 e. The molecule has 0 spiro atoms. The Morgan fingerprint density at radius 1 is 1.23 bits per heavy atom. The minimum absolute atomic E-state index is 0. The van der Waals surface area contributed by atoms with Gasteiger partial charge in [0.05, 0.1) is 10.0 Å². The molecule has 0 fully saturated rings. The van der Waals surface area contributed by atoms with Gasteiger partial charge in [0.2, 0.25) is 0 Å². The van der Waals surface area contributed by atoms with Crippen molar-refractivity contribution >= 4 is 29.2 Å². The van der Waals surface area contributed by atoms with Crippen LogP contribution in [-0.2, 0) is 4.79 Å². The first-order valence-corrected chi connectivity index (χ1v) is 3.87. The van der Waals surface area contributed by atoms with Crippen LogP contribution in [0.1, 0.15) is 6.92 Å². The van der Waals surface area contributed by atoms with Crippen LogP contribution in [0.5, 0.6) is 0 Å². The molecule has 0 radical (unpaired) electrons. The quantitative estimate of drug-likeness (QED) is 0.522. The molecule has 1 rings (SSSR count). The van der Waals surface area contributed by atoms with E-state index in [9.17, 15) is 0 Å². The third-order valence-electron chi connectivity index (χ3n) is 0.824. The molecule has 0 bridgehead atoms. The molecule has 0 N–H and O–H groups in total. The zero-order valence-electron chi connectivity index (χ0n) is 7.38. The van der Waals surface area contributed by atoms with Gasteiger partial charge in [-0.3, -0.25) is 0 Å². The molecule has 0 amide bonds. The number of carbonyl (C=O) groups excluding carboxylic acids is 1. The van der Waals surface area contributed by atoms with Gasteiger partial charge < -0.3 is 9.90 Å².